The fraction of sp³-hybridized carbons (Fsp3) is 0.500. The van der Waals surface area contributed by atoms with Gasteiger partial charge in [0, 0.05) is 11.6 Å². The summed E-state index contributed by atoms with van der Waals surface area (Å²) in [5, 5.41) is 4.02. The Morgan fingerprint density at radius 3 is 2.64 bits per heavy atom. The number of hydrogen-bond donors (Lipinski definition) is 2. The molecule has 9 heteroatoms. The highest BCUT2D eigenvalue weighted by Crippen LogP contribution is 2.35. The molecule has 25 heavy (non-hydrogen) atoms. The molecule has 0 aliphatic heterocycles. The Morgan fingerprint density at radius 1 is 1.24 bits per heavy atom. The zero-order valence-electron chi connectivity index (χ0n) is 13.6. The van der Waals surface area contributed by atoms with Crippen molar-refractivity contribution < 1.29 is 12.9 Å². The maximum Gasteiger partial charge on any atom is 0.258 e. The van der Waals surface area contributed by atoms with E-state index in [-0.39, 0.29) is 23.3 Å². The number of nitrogens with one attached hydrogen (secondary N) is 1. The van der Waals surface area contributed by atoms with Gasteiger partial charge in [0.1, 0.15) is 0 Å². The van der Waals surface area contributed by atoms with Crippen molar-refractivity contribution in [3.63, 3.8) is 0 Å². The standard InChI is InChI=1S/C16H20N4O3S.ClH/c17-16(8-1-2-9-16)15-18-14(23-19-15)11-4-3-5-13(10-11)24(21,22)20-12-6-7-12;/h3-5,10,12,20H,1-2,6-9,17H2;1H. The number of nitrogens with two attached hydrogens (primary N) is 1. The molecule has 136 valence electrons. The van der Waals surface area contributed by atoms with E-state index in [4.69, 9.17) is 10.3 Å². The Balaban J connectivity index is 0.00000182. The normalized spacial score (nSPS) is 19.6. The summed E-state index contributed by atoms with van der Waals surface area (Å²) in [5.41, 5.74) is 6.39. The molecule has 0 unspecified atom stereocenters. The molecule has 2 aromatic rings. The second kappa shape index (κ2) is 6.68. The number of nitrogens with zero attached hydrogens (tertiary/aromatic N) is 2. The predicted molar refractivity (Wildman–Crippen MR) is 94.7 cm³/mol. The number of rotatable bonds is 5. The summed E-state index contributed by atoms with van der Waals surface area (Å²) < 4.78 is 32.7. The van der Waals surface area contributed by atoms with Crippen LogP contribution in [0.3, 0.4) is 0 Å². The van der Waals surface area contributed by atoms with E-state index in [0.717, 1.165) is 38.5 Å². The molecule has 1 aromatic carbocycles. The lowest BCUT2D eigenvalue weighted by Crippen LogP contribution is -2.34. The highest BCUT2D eigenvalue weighted by atomic mass is 35.5. The van der Waals surface area contributed by atoms with Gasteiger partial charge in [-0.3, -0.25) is 0 Å². The molecule has 0 amide bonds. The van der Waals surface area contributed by atoms with Crippen molar-refractivity contribution >= 4 is 22.4 Å². The van der Waals surface area contributed by atoms with Gasteiger partial charge in [-0.15, -0.1) is 12.4 Å². The molecule has 2 fully saturated rings. The Morgan fingerprint density at radius 2 is 1.96 bits per heavy atom. The Kier molecular flexibility index (Phi) is 4.89. The van der Waals surface area contributed by atoms with E-state index in [9.17, 15) is 8.42 Å². The van der Waals surface area contributed by atoms with Crippen LogP contribution >= 0.6 is 12.4 Å². The monoisotopic (exact) mass is 384 g/mol. The second-order valence-electron chi connectivity index (χ2n) is 6.71. The molecule has 2 aliphatic rings. The third-order valence-electron chi connectivity index (χ3n) is 4.66. The van der Waals surface area contributed by atoms with Crippen LogP contribution in [0.4, 0.5) is 0 Å². The number of hydrogen-bond acceptors (Lipinski definition) is 6. The molecular weight excluding hydrogens is 364 g/mol. The van der Waals surface area contributed by atoms with Crippen molar-refractivity contribution in [2.24, 2.45) is 5.73 Å². The van der Waals surface area contributed by atoms with Gasteiger partial charge in [0.05, 0.1) is 10.4 Å². The molecule has 1 aromatic heterocycles. The molecule has 0 bridgehead atoms. The fourth-order valence-corrected chi connectivity index (χ4v) is 4.41. The van der Waals surface area contributed by atoms with Gasteiger partial charge in [0.15, 0.2) is 5.82 Å². The molecule has 0 atom stereocenters. The van der Waals surface area contributed by atoms with E-state index in [0.29, 0.717) is 17.3 Å². The summed E-state index contributed by atoms with van der Waals surface area (Å²) >= 11 is 0. The first kappa shape index (κ1) is 18.3. The summed E-state index contributed by atoms with van der Waals surface area (Å²) in [6.07, 6.45) is 5.58. The Hall–Kier alpha value is -1.48. The fourth-order valence-electron chi connectivity index (χ4n) is 3.06. The quantitative estimate of drug-likeness (QED) is 0.818. The minimum absolute atomic E-state index is 0. The minimum Gasteiger partial charge on any atom is -0.334 e. The van der Waals surface area contributed by atoms with Crippen LogP contribution in [0.15, 0.2) is 33.7 Å². The lowest BCUT2D eigenvalue weighted by atomic mass is 9.99. The van der Waals surface area contributed by atoms with Gasteiger partial charge in [0.25, 0.3) is 5.89 Å². The summed E-state index contributed by atoms with van der Waals surface area (Å²) in [4.78, 5) is 4.62. The Bertz CT molecular complexity index is 858. The lowest BCUT2D eigenvalue weighted by Gasteiger charge is -2.17. The molecule has 0 saturated heterocycles. The van der Waals surface area contributed by atoms with Gasteiger partial charge in [-0.2, -0.15) is 4.98 Å². The largest absolute Gasteiger partial charge is 0.334 e. The van der Waals surface area contributed by atoms with Crippen molar-refractivity contribution in [3.05, 3.63) is 30.1 Å². The van der Waals surface area contributed by atoms with Gasteiger partial charge in [0.2, 0.25) is 10.0 Å². The van der Waals surface area contributed by atoms with Gasteiger partial charge in [-0.05, 0) is 43.9 Å². The van der Waals surface area contributed by atoms with Crippen LogP contribution in [-0.4, -0.2) is 24.6 Å². The molecule has 3 N–H and O–H groups in total. The third kappa shape index (κ3) is 3.72. The summed E-state index contributed by atoms with van der Waals surface area (Å²) in [7, 11) is -3.51. The minimum atomic E-state index is -3.51. The highest BCUT2D eigenvalue weighted by Gasteiger charge is 2.36. The van der Waals surface area contributed by atoms with Crippen molar-refractivity contribution in [1.29, 1.82) is 0 Å². The van der Waals surface area contributed by atoms with Crippen molar-refractivity contribution in [2.75, 3.05) is 0 Å². The summed E-state index contributed by atoms with van der Waals surface area (Å²) in [6.45, 7) is 0. The van der Waals surface area contributed by atoms with E-state index in [1.165, 1.54) is 0 Å². The van der Waals surface area contributed by atoms with Crippen LogP contribution in [0.5, 0.6) is 0 Å². The van der Waals surface area contributed by atoms with Gasteiger partial charge in [-0.25, -0.2) is 13.1 Å². The average molecular weight is 385 g/mol. The van der Waals surface area contributed by atoms with E-state index in [1.807, 2.05) is 0 Å². The average Bonchev–Trinajstić information content (AvgIpc) is 3.04. The molecular formula is C16H21ClN4O3S. The lowest BCUT2D eigenvalue weighted by molar-refractivity contribution is 0.372. The van der Waals surface area contributed by atoms with Crippen LogP contribution in [0.1, 0.15) is 44.3 Å². The third-order valence-corrected chi connectivity index (χ3v) is 6.18. The topological polar surface area (TPSA) is 111 Å². The molecule has 4 rings (SSSR count). The molecule has 2 aliphatic carbocycles. The number of aromatic nitrogens is 2. The van der Waals surface area contributed by atoms with Crippen LogP contribution < -0.4 is 10.5 Å². The Labute approximate surface area is 152 Å². The van der Waals surface area contributed by atoms with Crippen LogP contribution in [0, 0.1) is 0 Å². The molecule has 2 saturated carbocycles. The SMILES string of the molecule is Cl.NC1(c2noc(-c3cccc(S(=O)(=O)NC4CC4)c3)n2)CCCC1. The number of sulfonamides is 1. The second-order valence-corrected chi connectivity index (χ2v) is 8.42. The summed E-state index contributed by atoms with van der Waals surface area (Å²) in [6, 6.07) is 6.61. The van der Waals surface area contributed by atoms with E-state index in [2.05, 4.69) is 14.9 Å². The maximum absolute atomic E-state index is 12.3. The summed E-state index contributed by atoms with van der Waals surface area (Å²) in [5.74, 6) is 0.796. The van der Waals surface area contributed by atoms with Crippen molar-refractivity contribution in [2.45, 2.75) is 55.0 Å². The van der Waals surface area contributed by atoms with Crippen molar-refractivity contribution in [3.8, 4) is 11.5 Å². The van der Waals surface area contributed by atoms with Crippen LogP contribution in [0.2, 0.25) is 0 Å². The number of halogens is 1. The van der Waals surface area contributed by atoms with E-state index in [1.54, 1.807) is 24.3 Å². The van der Waals surface area contributed by atoms with Crippen molar-refractivity contribution in [1.82, 2.24) is 14.9 Å². The van der Waals surface area contributed by atoms with E-state index >= 15 is 0 Å². The van der Waals surface area contributed by atoms with Gasteiger partial charge in [-0.1, -0.05) is 24.1 Å². The zero-order chi connectivity index (χ0) is 16.8. The molecule has 7 nitrogen and oxygen atoms in total. The maximum atomic E-state index is 12.3. The van der Waals surface area contributed by atoms with E-state index < -0.39 is 15.6 Å². The number of benzene rings is 1. The smallest absolute Gasteiger partial charge is 0.258 e. The van der Waals surface area contributed by atoms with Crippen LogP contribution in [0.25, 0.3) is 11.5 Å². The molecule has 1 heterocycles. The molecule has 0 radical (unpaired) electrons. The first-order chi connectivity index (χ1) is 11.5. The van der Waals surface area contributed by atoms with Crippen LogP contribution in [-0.2, 0) is 15.6 Å². The predicted octanol–water partition coefficient (Wildman–Crippen LogP) is 2.33. The zero-order valence-corrected chi connectivity index (χ0v) is 15.3. The first-order valence-corrected chi connectivity index (χ1v) is 9.70. The highest BCUT2D eigenvalue weighted by molar-refractivity contribution is 7.89. The van der Waals surface area contributed by atoms with Gasteiger partial charge < -0.3 is 10.3 Å². The van der Waals surface area contributed by atoms with Gasteiger partial charge >= 0.3 is 0 Å². The molecule has 0 spiro atoms. The first-order valence-electron chi connectivity index (χ1n) is 8.22.